The molecular formula is C17H20ClN3O2S. The van der Waals surface area contributed by atoms with E-state index in [0.717, 1.165) is 29.7 Å². The maximum Gasteiger partial charge on any atom is 0.153 e. The van der Waals surface area contributed by atoms with Gasteiger partial charge in [0, 0.05) is 42.1 Å². The third-order valence-corrected chi connectivity index (χ3v) is 7.08. The minimum atomic E-state index is -2.94. The third kappa shape index (κ3) is 3.04. The van der Waals surface area contributed by atoms with E-state index in [4.69, 9.17) is 16.6 Å². The first-order chi connectivity index (χ1) is 11.4. The molecule has 0 bridgehead atoms. The summed E-state index contributed by atoms with van der Waals surface area (Å²) in [5.74, 6) is 0.527. The quantitative estimate of drug-likeness (QED) is 0.812. The topological polar surface area (TPSA) is 53.5 Å². The summed E-state index contributed by atoms with van der Waals surface area (Å²) in [5, 5.41) is 1.72. The number of hydrogen-bond donors (Lipinski definition) is 0. The molecule has 2 fully saturated rings. The van der Waals surface area contributed by atoms with Crippen molar-refractivity contribution in [1.29, 1.82) is 0 Å². The Morgan fingerprint density at radius 1 is 1.17 bits per heavy atom. The number of hydrogen-bond acceptors (Lipinski definition) is 5. The van der Waals surface area contributed by atoms with Crippen LogP contribution in [-0.4, -0.2) is 66.9 Å². The Morgan fingerprint density at radius 3 is 2.79 bits per heavy atom. The molecule has 128 valence electrons. The fourth-order valence-electron chi connectivity index (χ4n) is 3.83. The average Bonchev–Trinajstić information content (AvgIpc) is 2.87. The molecule has 0 radical (unpaired) electrons. The number of benzene rings is 1. The summed E-state index contributed by atoms with van der Waals surface area (Å²) in [5.41, 5.74) is 1.89. The van der Waals surface area contributed by atoms with Crippen LogP contribution in [0.2, 0.25) is 5.02 Å². The monoisotopic (exact) mass is 365 g/mol. The minimum absolute atomic E-state index is 0.0662. The van der Waals surface area contributed by atoms with Crippen LogP contribution in [0.15, 0.2) is 30.3 Å². The van der Waals surface area contributed by atoms with E-state index in [2.05, 4.69) is 9.80 Å². The van der Waals surface area contributed by atoms with E-state index in [1.54, 1.807) is 0 Å². The molecule has 0 saturated carbocycles. The van der Waals surface area contributed by atoms with Gasteiger partial charge in [-0.3, -0.25) is 14.8 Å². The van der Waals surface area contributed by atoms with E-state index in [1.165, 1.54) is 0 Å². The van der Waals surface area contributed by atoms with Crippen molar-refractivity contribution in [2.45, 2.75) is 18.6 Å². The van der Waals surface area contributed by atoms with Crippen molar-refractivity contribution < 1.29 is 8.42 Å². The summed E-state index contributed by atoms with van der Waals surface area (Å²) < 4.78 is 24.1. The molecule has 4 rings (SSSR count). The molecule has 1 aromatic carbocycles. The van der Waals surface area contributed by atoms with Gasteiger partial charge < -0.3 is 0 Å². The lowest BCUT2D eigenvalue weighted by molar-refractivity contribution is 0.0565. The first kappa shape index (κ1) is 16.3. The third-order valence-electron chi connectivity index (χ3n) is 5.14. The van der Waals surface area contributed by atoms with Crippen LogP contribution in [0.3, 0.4) is 0 Å². The number of sulfone groups is 1. The van der Waals surface area contributed by atoms with Crippen molar-refractivity contribution in [3.8, 4) is 0 Å². The number of pyridine rings is 1. The Bertz CT molecular complexity index is 887. The molecule has 0 aliphatic carbocycles. The molecule has 5 nitrogen and oxygen atoms in total. The molecule has 24 heavy (non-hydrogen) atoms. The number of fused-ring (bicyclic) bond motifs is 2. The van der Waals surface area contributed by atoms with Gasteiger partial charge in [-0.15, -0.1) is 0 Å². The summed E-state index contributed by atoms with van der Waals surface area (Å²) in [6, 6.07) is 9.88. The number of likely N-dealkylation sites (N-methyl/N-ethyl adjacent to an activating group) is 1. The molecule has 7 heteroatoms. The maximum atomic E-state index is 12.1. The minimum Gasteiger partial charge on any atom is -0.300 e. The zero-order valence-corrected chi connectivity index (χ0v) is 15.1. The molecular weight excluding hydrogens is 346 g/mol. The van der Waals surface area contributed by atoms with Crippen molar-refractivity contribution in [3.63, 3.8) is 0 Å². The average molecular weight is 366 g/mol. The van der Waals surface area contributed by atoms with Gasteiger partial charge in [0.1, 0.15) is 0 Å². The predicted octanol–water partition coefficient (Wildman–Crippen LogP) is 1.80. The highest BCUT2D eigenvalue weighted by Crippen LogP contribution is 2.27. The molecule has 0 N–H and O–H groups in total. The summed E-state index contributed by atoms with van der Waals surface area (Å²) in [7, 11) is -0.923. The Hall–Kier alpha value is -1.21. The van der Waals surface area contributed by atoms with Gasteiger partial charge in [0.25, 0.3) is 0 Å². The van der Waals surface area contributed by atoms with Crippen LogP contribution in [0.5, 0.6) is 0 Å². The maximum absolute atomic E-state index is 12.1. The Balaban J connectivity index is 1.59. The van der Waals surface area contributed by atoms with Crippen molar-refractivity contribution in [3.05, 3.63) is 41.0 Å². The molecule has 3 heterocycles. The second-order valence-electron chi connectivity index (χ2n) is 6.80. The zero-order chi connectivity index (χ0) is 16.9. The molecule has 2 aromatic rings. The number of halogens is 1. The summed E-state index contributed by atoms with van der Waals surface area (Å²) in [6.45, 7) is 2.44. The van der Waals surface area contributed by atoms with Gasteiger partial charge in [-0.1, -0.05) is 17.7 Å². The smallest absolute Gasteiger partial charge is 0.153 e. The Morgan fingerprint density at radius 2 is 1.96 bits per heavy atom. The van der Waals surface area contributed by atoms with Crippen LogP contribution in [0.4, 0.5) is 0 Å². The van der Waals surface area contributed by atoms with E-state index in [-0.39, 0.29) is 23.6 Å². The van der Waals surface area contributed by atoms with Crippen LogP contribution < -0.4 is 0 Å². The Kier molecular flexibility index (Phi) is 4.03. The second kappa shape index (κ2) is 5.95. The van der Waals surface area contributed by atoms with Crippen molar-refractivity contribution >= 4 is 32.3 Å². The van der Waals surface area contributed by atoms with Gasteiger partial charge in [0.2, 0.25) is 0 Å². The Labute approximate surface area is 147 Å². The highest BCUT2D eigenvalue weighted by Gasteiger charge is 2.45. The molecule has 0 unspecified atom stereocenters. The molecule has 1 aromatic heterocycles. The van der Waals surface area contributed by atoms with Crippen LogP contribution in [0, 0.1) is 0 Å². The molecule has 0 amide bonds. The van der Waals surface area contributed by atoms with Crippen LogP contribution >= 0.6 is 11.6 Å². The number of rotatable bonds is 2. The van der Waals surface area contributed by atoms with Crippen LogP contribution in [0.25, 0.3) is 10.9 Å². The largest absolute Gasteiger partial charge is 0.300 e. The number of aromatic nitrogens is 1. The number of nitrogens with zero attached hydrogens (tertiary/aromatic N) is 3. The SMILES string of the molecule is CN1CCN(Cc2ccc3cc(Cl)ccc3n2)[C@H]2CS(=O)(=O)C[C@H]21. The summed E-state index contributed by atoms with van der Waals surface area (Å²) in [4.78, 5) is 9.18. The molecule has 2 aliphatic heterocycles. The van der Waals surface area contributed by atoms with Crippen molar-refractivity contribution in [1.82, 2.24) is 14.8 Å². The highest BCUT2D eigenvalue weighted by atomic mass is 35.5. The first-order valence-corrected chi connectivity index (χ1v) is 10.3. The molecule has 2 atom stereocenters. The van der Waals surface area contributed by atoms with Gasteiger partial charge in [-0.05, 0) is 31.3 Å². The van der Waals surface area contributed by atoms with Crippen LogP contribution in [0.1, 0.15) is 5.69 Å². The standard InChI is InChI=1S/C17H20ClN3O2S/c1-20-6-7-21(17-11-24(22,23)10-16(17)20)9-14-4-2-12-8-13(18)3-5-15(12)19-14/h2-5,8,16-17H,6-7,9-11H2,1H3/t16-,17+/m1/s1. The van der Waals surface area contributed by atoms with Crippen molar-refractivity contribution in [2.75, 3.05) is 31.6 Å². The lowest BCUT2D eigenvalue weighted by Gasteiger charge is -2.42. The van der Waals surface area contributed by atoms with E-state index in [1.807, 2.05) is 37.4 Å². The molecule has 2 saturated heterocycles. The summed E-state index contributed by atoms with van der Waals surface area (Å²) >= 11 is 6.02. The van der Waals surface area contributed by atoms with E-state index < -0.39 is 9.84 Å². The van der Waals surface area contributed by atoms with Crippen molar-refractivity contribution in [2.24, 2.45) is 0 Å². The highest BCUT2D eigenvalue weighted by molar-refractivity contribution is 7.91. The summed E-state index contributed by atoms with van der Waals surface area (Å²) in [6.07, 6.45) is 0. The lowest BCUT2D eigenvalue weighted by Crippen LogP contribution is -2.57. The fourth-order valence-corrected chi connectivity index (χ4v) is 6.10. The van der Waals surface area contributed by atoms with E-state index in [9.17, 15) is 8.42 Å². The van der Waals surface area contributed by atoms with E-state index in [0.29, 0.717) is 11.6 Å². The van der Waals surface area contributed by atoms with Gasteiger partial charge in [-0.2, -0.15) is 0 Å². The molecule has 0 spiro atoms. The van der Waals surface area contributed by atoms with Gasteiger partial charge >= 0.3 is 0 Å². The lowest BCUT2D eigenvalue weighted by atomic mass is 10.1. The second-order valence-corrected chi connectivity index (χ2v) is 9.39. The van der Waals surface area contributed by atoms with Gasteiger partial charge in [0.15, 0.2) is 9.84 Å². The zero-order valence-electron chi connectivity index (χ0n) is 13.5. The number of piperazine rings is 1. The normalized spacial score (nSPS) is 27.4. The van der Waals surface area contributed by atoms with Gasteiger partial charge in [0.05, 0.1) is 22.7 Å². The van der Waals surface area contributed by atoms with Gasteiger partial charge in [-0.25, -0.2) is 8.42 Å². The fraction of sp³-hybridized carbons (Fsp3) is 0.471. The van der Waals surface area contributed by atoms with Crippen LogP contribution in [-0.2, 0) is 16.4 Å². The molecule has 2 aliphatic rings. The predicted molar refractivity (Wildman–Crippen MR) is 96.0 cm³/mol. The van der Waals surface area contributed by atoms with E-state index >= 15 is 0 Å². The first-order valence-electron chi connectivity index (χ1n) is 8.11.